The van der Waals surface area contributed by atoms with Crippen LogP contribution < -0.4 is 15.5 Å². The lowest BCUT2D eigenvalue weighted by Crippen LogP contribution is -2.48. The highest BCUT2D eigenvalue weighted by Gasteiger charge is 2.20. The smallest absolute Gasteiger partial charge is 0.191 e. The van der Waals surface area contributed by atoms with E-state index in [1.54, 1.807) is 12.1 Å². The Hall–Kier alpha value is -2.57. The Morgan fingerprint density at radius 3 is 2.75 bits per heavy atom. The topological polar surface area (TPSA) is 65.7 Å². The lowest BCUT2D eigenvalue weighted by Gasteiger charge is -2.34. The third-order valence-corrected chi connectivity index (χ3v) is 4.92. The fourth-order valence-electron chi connectivity index (χ4n) is 3.30. The van der Waals surface area contributed by atoms with Crippen molar-refractivity contribution in [2.24, 2.45) is 4.99 Å². The minimum absolute atomic E-state index is 0.188. The highest BCUT2D eigenvalue weighted by atomic mass is 19.1. The van der Waals surface area contributed by atoms with Gasteiger partial charge in [-0.05, 0) is 43.9 Å². The Kier molecular flexibility index (Phi) is 6.90. The summed E-state index contributed by atoms with van der Waals surface area (Å²) in [6, 6.07) is 9.11. The molecule has 0 amide bonds. The molecule has 1 fully saturated rings. The molecule has 2 N–H and O–H groups in total. The number of hydrogen-bond acceptors (Lipinski definition) is 4. The van der Waals surface area contributed by atoms with Gasteiger partial charge in [-0.3, -0.25) is 0 Å². The number of guanidine groups is 1. The quantitative estimate of drug-likeness (QED) is 0.585. The number of aliphatic imine (C=N–C) groups is 1. The van der Waals surface area contributed by atoms with Crippen molar-refractivity contribution in [2.75, 3.05) is 24.5 Å². The number of piperidine rings is 1. The first-order valence-electron chi connectivity index (χ1n) is 10.1. The van der Waals surface area contributed by atoms with E-state index in [4.69, 9.17) is 4.52 Å². The molecule has 2 heterocycles. The van der Waals surface area contributed by atoms with Crippen LogP contribution >= 0.6 is 0 Å². The SMILES string of the molecule is CCNC(=NCc1cc(C(C)C)no1)NC1CCN(c2cccc(F)c2)CC1. The van der Waals surface area contributed by atoms with Gasteiger partial charge in [-0.25, -0.2) is 9.38 Å². The summed E-state index contributed by atoms with van der Waals surface area (Å²) >= 11 is 0. The third kappa shape index (κ3) is 5.47. The van der Waals surface area contributed by atoms with Gasteiger partial charge in [0.15, 0.2) is 11.7 Å². The van der Waals surface area contributed by atoms with Gasteiger partial charge in [0.2, 0.25) is 0 Å². The summed E-state index contributed by atoms with van der Waals surface area (Å²) in [6.45, 7) is 9.26. The molecule has 0 bridgehead atoms. The van der Waals surface area contributed by atoms with E-state index in [0.717, 1.165) is 55.6 Å². The fraction of sp³-hybridized carbons (Fsp3) is 0.524. The van der Waals surface area contributed by atoms with Gasteiger partial charge in [0.05, 0.1) is 5.69 Å². The van der Waals surface area contributed by atoms with Gasteiger partial charge in [0.25, 0.3) is 0 Å². The fourth-order valence-corrected chi connectivity index (χ4v) is 3.30. The molecule has 1 saturated heterocycles. The molecule has 2 aromatic rings. The van der Waals surface area contributed by atoms with Crippen LogP contribution in [0.4, 0.5) is 10.1 Å². The van der Waals surface area contributed by atoms with E-state index in [9.17, 15) is 4.39 Å². The molecular formula is C21H30FN5O. The average Bonchev–Trinajstić information content (AvgIpc) is 3.16. The second-order valence-electron chi connectivity index (χ2n) is 7.45. The Morgan fingerprint density at radius 1 is 1.32 bits per heavy atom. The Morgan fingerprint density at radius 2 is 2.11 bits per heavy atom. The largest absolute Gasteiger partial charge is 0.371 e. The van der Waals surface area contributed by atoms with Crippen LogP contribution in [0.15, 0.2) is 39.8 Å². The molecule has 0 unspecified atom stereocenters. The highest BCUT2D eigenvalue weighted by Crippen LogP contribution is 2.21. The predicted octanol–water partition coefficient (Wildman–Crippen LogP) is 3.66. The van der Waals surface area contributed by atoms with E-state index in [-0.39, 0.29) is 5.82 Å². The normalized spacial score (nSPS) is 15.9. The zero-order valence-corrected chi connectivity index (χ0v) is 16.9. The molecule has 0 spiro atoms. The summed E-state index contributed by atoms with van der Waals surface area (Å²) < 4.78 is 18.8. The number of halogens is 1. The van der Waals surface area contributed by atoms with Gasteiger partial charge >= 0.3 is 0 Å². The monoisotopic (exact) mass is 387 g/mol. The minimum Gasteiger partial charge on any atom is -0.371 e. The van der Waals surface area contributed by atoms with Gasteiger partial charge in [0, 0.05) is 37.4 Å². The maximum atomic E-state index is 13.5. The van der Waals surface area contributed by atoms with E-state index in [1.807, 2.05) is 12.1 Å². The Balaban J connectivity index is 1.54. The highest BCUT2D eigenvalue weighted by molar-refractivity contribution is 5.80. The van der Waals surface area contributed by atoms with Gasteiger partial charge in [-0.1, -0.05) is 25.1 Å². The number of anilines is 1. The van der Waals surface area contributed by atoms with Crippen molar-refractivity contribution in [3.05, 3.63) is 47.6 Å². The van der Waals surface area contributed by atoms with Crippen LogP contribution in [-0.2, 0) is 6.54 Å². The van der Waals surface area contributed by atoms with Crippen LogP contribution in [0.5, 0.6) is 0 Å². The molecule has 152 valence electrons. The van der Waals surface area contributed by atoms with E-state index >= 15 is 0 Å². The zero-order chi connectivity index (χ0) is 19.9. The lowest BCUT2D eigenvalue weighted by molar-refractivity contribution is 0.376. The van der Waals surface area contributed by atoms with Crippen molar-refractivity contribution in [2.45, 2.75) is 52.1 Å². The number of aromatic nitrogens is 1. The molecule has 1 aliphatic heterocycles. The molecule has 6 nitrogen and oxygen atoms in total. The van der Waals surface area contributed by atoms with E-state index in [0.29, 0.717) is 18.5 Å². The molecule has 28 heavy (non-hydrogen) atoms. The summed E-state index contributed by atoms with van der Waals surface area (Å²) in [7, 11) is 0. The molecule has 7 heteroatoms. The number of hydrogen-bond donors (Lipinski definition) is 2. The van der Waals surface area contributed by atoms with E-state index in [1.165, 1.54) is 6.07 Å². The molecule has 0 radical (unpaired) electrons. The van der Waals surface area contributed by atoms with Gasteiger partial charge in [-0.15, -0.1) is 0 Å². The molecule has 0 aliphatic carbocycles. The Bertz CT molecular complexity index is 781. The number of nitrogens with one attached hydrogen (secondary N) is 2. The average molecular weight is 388 g/mol. The minimum atomic E-state index is -0.188. The van der Waals surface area contributed by atoms with Crippen LogP contribution in [0.3, 0.4) is 0 Å². The molecule has 3 rings (SSSR count). The number of rotatable bonds is 6. The molecular weight excluding hydrogens is 357 g/mol. The molecule has 1 aromatic carbocycles. The zero-order valence-electron chi connectivity index (χ0n) is 16.9. The van der Waals surface area contributed by atoms with Crippen LogP contribution in [-0.4, -0.2) is 36.8 Å². The van der Waals surface area contributed by atoms with E-state index < -0.39 is 0 Å². The number of benzene rings is 1. The first-order chi connectivity index (χ1) is 13.5. The van der Waals surface area contributed by atoms with Crippen molar-refractivity contribution in [1.82, 2.24) is 15.8 Å². The van der Waals surface area contributed by atoms with Crippen LogP contribution in [0, 0.1) is 5.82 Å². The van der Waals surface area contributed by atoms with E-state index in [2.05, 4.69) is 46.5 Å². The maximum Gasteiger partial charge on any atom is 0.191 e. The second-order valence-corrected chi connectivity index (χ2v) is 7.45. The number of nitrogens with zero attached hydrogens (tertiary/aromatic N) is 3. The van der Waals surface area contributed by atoms with Crippen LogP contribution in [0.1, 0.15) is 51.0 Å². The van der Waals surface area contributed by atoms with Crippen LogP contribution in [0.2, 0.25) is 0 Å². The summed E-state index contributed by atoms with van der Waals surface area (Å²) in [5.41, 5.74) is 1.90. The standard InChI is InChI=1S/C21H30FN5O/c1-4-23-21(24-14-19-13-20(15(2)3)26-28-19)25-17-8-10-27(11-9-17)18-7-5-6-16(22)12-18/h5-7,12-13,15,17H,4,8-11,14H2,1-3H3,(H2,23,24,25). The first kappa shape index (κ1) is 20.2. The molecule has 1 aromatic heterocycles. The van der Waals surface area contributed by atoms with Crippen molar-refractivity contribution in [1.29, 1.82) is 0 Å². The summed E-state index contributed by atoms with van der Waals surface area (Å²) in [6.07, 6.45) is 1.95. The first-order valence-corrected chi connectivity index (χ1v) is 10.1. The predicted molar refractivity (Wildman–Crippen MR) is 110 cm³/mol. The third-order valence-electron chi connectivity index (χ3n) is 4.92. The second kappa shape index (κ2) is 9.57. The van der Waals surface area contributed by atoms with Crippen LogP contribution in [0.25, 0.3) is 0 Å². The van der Waals surface area contributed by atoms with Gasteiger partial charge < -0.3 is 20.1 Å². The lowest BCUT2D eigenvalue weighted by atomic mass is 10.0. The Labute approximate surface area is 166 Å². The molecule has 1 aliphatic rings. The van der Waals surface area contributed by atoms with Gasteiger partial charge in [0.1, 0.15) is 12.4 Å². The molecule has 0 atom stereocenters. The summed E-state index contributed by atoms with van der Waals surface area (Å²) in [4.78, 5) is 6.87. The van der Waals surface area contributed by atoms with Crippen molar-refractivity contribution < 1.29 is 8.91 Å². The van der Waals surface area contributed by atoms with Gasteiger partial charge in [-0.2, -0.15) is 0 Å². The maximum absolute atomic E-state index is 13.5. The van der Waals surface area contributed by atoms with Crippen molar-refractivity contribution in [3.8, 4) is 0 Å². The summed E-state index contributed by atoms with van der Waals surface area (Å²) in [5, 5.41) is 10.9. The van der Waals surface area contributed by atoms with Crippen molar-refractivity contribution >= 4 is 11.6 Å². The summed E-state index contributed by atoms with van der Waals surface area (Å²) in [5.74, 6) is 1.71. The van der Waals surface area contributed by atoms with Crippen molar-refractivity contribution in [3.63, 3.8) is 0 Å². The molecule has 0 saturated carbocycles.